The molecule has 52 heavy (non-hydrogen) atoms. The van der Waals surface area contributed by atoms with Gasteiger partial charge in [0.15, 0.2) is 0 Å². The van der Waals surface area contributed by atoms with Crippen LogP contribution >= 0.6 is 23.5 Å². The van der Waals surface area contributed by atoms with Crippen LogP contribution in [0.25, 0.3) is 0 Å². The van der Waals surface area contributed by atoms with Gasteiger partial charge in [0.25, 0.3) is 16.4 Å². The van der Waals surface area contributed by atoms with Gasteiger partial charge in [0.05, 0.1) is 16.7 Å². The summed E-state index contributed by atoms with van der Waals surface area (Å²) >= 11 is 2.07. The number of thioether (sulfide) groups is 2. The Hall–Kier alpha value is -4.66. The van der Waals surface area contributed by atoms with E-state index in [2.05, 4.69) is 59.4 Å². The van der Waals surface area contributed by atoms with Crippen LogP contribution in [0.4, 0.5) is 9.59 Å². The summed E-state index contributed by atoms with van der Waals surface area (Å²) in [5, 5.41) is 15.9. The van der Waals surface area contributed by atoms with E-state index in [9.17, 15) is 38.4 Å². The molecule has 0 radical (unpaired) electrons. The van der Waals surface area contributed by atoms with Crippen molar-refractivity contribution in [1.82, 2.24) is 50.7 Å². The molecule has 2 fully saturated rings. The predicted molar refractivity (Wildman–Crippen MR) is 198 cm³/mol. The van der Waals surface area contributed by atoms with Crippen molar-refractivity contribution >= 4 is 45.8 Å². The number of H-pyrrole nitrogens is 5. The summed E-state index contributed by atoms with van der Waals surface area (Å²) in [6, 6.07) is 0. The fraction of sp³-hybridized carbons (Fsp3) is 0.613. The molecule has 0 aliphatic carbocycles. The summed E-state index contributed by atoms with van der Waals surface area (Å²) in [6.07, 6.45) is 3.38. The maximum atomic E-state index is 11.0. The molecule has 2 aliphatic rings. The Morgan fingerprint density at radius 3 is 1.71 bits per heavy atom. The maximum absolute atomic E-state index is 11.0. The average Bonchev–Trinajstić information content (AvgIpc) is 3.81. The molecular weight excluding hydrogens is 721 g/mol. The molecule has 2 aliphatic heterocycles. The van der Waals surface area contributed by atoms with Crippen LogP contribution < -0.4 is 33.5 Å². The second-order valence-electron chi connectivity index (χ2n) is 13.3. The third kappa shape index (κ3) is 18.5. The summed E-state index contributed by atoms with van der Waals surface area (Å²) in [5.74, 6) is 2.20. The van der Waals surface area contributed by atoms with Gasteiger partial charge in [-0.25, -0.2) is 34.4 Å². The minimum atomic E-state index is -0.698. The molecule has 1 unspecified atom stereocenters. The number of rotatable bonds is 8. The Balaban J connectivity index is 0.000000326. The van der Waals surface area contributed by atoms with Gasteiger partial charge in [0.1, 0.15) is 11.6 Å². The molecule has 0 spiro atoms. The van der Waals surface area contributed by atoms with Crippen LogP contribution in [0.5, 0.6) is 0 Å². The van der Waals surface area contributed by atoms with Crippen LogP contribution in [0.3, 0.4) is 0 Å². The molecule has 7 N–H and O–H groups in total. The first-order valence-electron chi connectivity index (χ1n) is 16.5. The number of carbonyl (C=O) groups excluding carboxylic acids is 4. The number of carbonyl (C=O) groups is 4. The summed E-state index contributed by atoms with van der Waals surface area (Å²) in [7, 11) is 0. The number of aromatic amines is 5. The molecule has 19 nitrogen and oxygen atoms in total. The van der Waals surface area contributed by atoms with Crippen molar-refractivity contribution in [2.75, 3.05) is 0 Å². The normalized spacial score (nSPS) is 15.9. The molecule has 0 aromatic carbocycles. The largest absolute Gasteiger partial charge is 0.440 e. The Kier molecular flexibility index (Phi) is 19.5. The number of amides is 4. The molecule has 3 aromatic heterocycles. The van der Waals surface area contributed by atoms with E-state index in [1.54, 1.807) is 6.08 Å². The summed E-state index contributed by atoms with van der Waals surface area (Å²) < 4.78 is 5.54. The topological polar surface area (TPSA) is 283 Å². The number of hydrogen-bond donors (Lipinski definition) is 7. The van der Waals surface area contributed by atoms with E-state index in [0.29, 0.717) is 35.0 Å². The highest BCUT2D eigenvalue weighted by atomic mass is 32.2. The third-order valence-electron chi connectivity index (χ3n) is 5.96. The molecule has 3 aromatic rings. The lowest BCUT2D eigenvalue weighted by Crippen LogP contribution is -2.24. The van der Waals surface area contributed by atoms with Crippen LogP contribution in [0, 0.1) is 23.7 Å². The zero-order valence-corrected chi connectivity index (χ0v) is 32.6. The smallest absolute Gasteiger partial charge is 0.317 e. The number of hydrogen-bond acceptors (Lipinski definition) is 13. The van der Waals surface area contributed by atoms with Crippen molar-refractivity contribution in [2.45, 2.75) is 99.8 Å². The van der Waals surface area contributed by atoms with Crippen LogP contribution in [0.2, 0.25) is 0 Å². The van der Waals surface area contributed by atoms with Crippen molar-refractivity contribution in [3.05, 3.63) is 64.6 Å². The molecule has 2 saturated heterocycles. The van der Waals surface area contributed by atoms with Crippen molar-refractivity contribution < 1.29 is 23.7 Å². The van der Waals surface area contributed by atoms with Gasteiger partial charge in [0, 0.05) is 12.3 Å². The van der Waals surface area contributed by atoms with Gasteiger partial charge in [-0.1, -0.05) is 87.1 Å². The first-order chi connectivity index (χ1) is 24.2. The predicted octanol–water partition coefficient (Wildman–Crippen LogP) is 3.20. The van der Waals surface area contributed by atoms with Gasteiger partial charge < -0.3 is 4.52 Å². The summed E-state index contributed by atoms with van der Waals surface area (Å²) in [4.78, 5) is 93.0. The van der Waals surface area contributed by atoms with Crippen LogP contribution in [0.1, 0.15) is 93.2 Å². The zero-order chi connectivity index (χ0) is 39.7. The van der Waals surface area contributed by atoms with Crippen molar-refractivity contribution in [1.29, 1.82) is 0 Å². The Morgan fingerprint density at radius 1 is 0.750 bits per heavy atom. The fourth-order valence-corrected chi connectivity index (χ4v) is 5.72. The van der Waals surface area contributed by atoms with Crippen LogP contribution in [-0.2, 0) is 22.6 Å². The number of allylic oxidation sites excluding steroid dienone is 1. The van der Waals surface area contributed by atoms with Gasteiger partial charge in [-0.3, -0.25) is 39.8 Å². The first kappa shape index (κ1) is 45.4. The van der Waals surface area contributed by atoms with Crippen molar-refractivity contribution in [3.8, 4) is 0 Å². The van der Waals surface area contributed by atoms with E-state index in [1.807, 2.05) is 60.4 Å². The molecule has 5 heterocycles. The van der Waals surface area contributed by atoms with Gasteiger partial charge in [0.2, 0.25) is 5.91 Å². The van der Waals surface area contributed by atoms with E-state index in [-0.39, 0.29) is 50.8 Å². The molecule has 5 rings (SSSR count). The number of aromatic nitrogens is 8. The molecule has 4 amide bonds. The van der Waals surface area contributed by atoms with E-state index in [0.717, 1.165) is 46.9 Å². The Labute approximate surface area is 307 Å². The molecule has 0 bridgehead atoms. The maximum Gasteiger partial charge on any atom is 0.440 e. The molecule has 0 saturated carbocycles. The van der Waals surface area contributed by atoms with E-state index < -0.39 is 11.4 Å². The van der Waals surface area contributed by atoms with Gasteiger partial charge in [-0.05, 0) is 41.9 Å². The lowest BCUT2D eigenvalue weighted by atomic mass is 10.1. The van der Waals surface area contributed by atoms with Crippen molar-refractivity contribution in [3.63, 3.8) is 0 Å². The summed E-state index contributed by atoms with van der Waals surface area (Å²) in [6.45, 7) is 20.4. The van der Waals surface area contributed by atoms with Crippen molar-refractivity contribution in [2.24, 2.45) is 23.7 Å². The highest BCUT2D eigenvalue weighted by Crippen LogP contribution is 2.25. The minimum Gasteiger partial charge on any atom is -0.317 e. The Morgan fingerprint density at radius 2 is 1.37 bits per heavy atom. The quantitative estimate of drug-likeness (QED) is 0.162. The number of nitrogens with one attached hydrogen (secondary N) is 7. The fourth-order valence-electron chi connectivity index (χ4n) is 3.83. The molecular formula is C31H50N10O9S2. The van der Waals surface area contributed by atoms with Gasteiger partial charge in [-0.2, -0.15) is 14.9 Å². The molecule has 1 atom stereocenters. The second kappa shape index (κ2) is 22.3. The van der Waals surface area contributed by atoms with E-state index in [1.165, 1.54) is 0 Å². The standard InChI is InChI=1S/C7H11NO2S.C7H9NO2S.C6H11N3O.C6H10N2O3.C5H9N3O/c2*1-4(2)3-5-6(9)8-7(10)11-5;1-4(2)3-5-7-6(10)9-8-5;1-4(2)3-8-5(9)7-6(10)11-8;1-3(2)4-6-5(9)8-7-4/h4-5H,3H2,1-2H3,(H,8,9,10);3-4H,1-2H3,(H,8,9,10);4H,3H2,1-2H3,(H2,7,8,9,10);4H,3H2,1-2H3,(H,7,9,10);3H,1-2H3,(H2,6,7,8,9). The second-order valence-corrected chi connectivity index (χ2v) is 15.5. The van der Waals surface area contributed by atoms with Gasteiger partial charge >= 0.3 is 22.8 Å². The minimum absolute atomic E-state index is 0.131. The molecule has 290 valence electrons. The lowest BCUT2D eigenvalue weighted by molar-refractivity contribution is -0.119. The average molecular weight is 771 g/mol. The molecule has 21 heteroatoms. The highest BCUT2D eigenvalue weighted by molar-refractivity contribution is 8.18. The summed E-state index contributed by atoms with van der Waals surface area (Å²) in [5.41, 5.74) is -0.946. The SMILES string of the molecule is CC(C)C=C1SC(=O)NC1=O.CC(C)CC1SC(=O)NC1=O.CC(C)Cc1n[nH]c(=O)[nH]1.CC(C)Cn1oc(=O)[nH]c1=O.CC(C)c1n[nH]c(=O)[nH]1. The Bertz CT molecular complexity index is 1860. The first-order valence-corrected chi connectivity index (χ1v) is 18.2. The number of imide groups is 2. The van der Waals surface area contributed by atoms with Crippen LogP contribution in [-0.4, -0.2) is 67.6 Å². The zero-order valence-electron chi connectivity index (χ0n) is 31.0. The van der Waals surface area contributed by atoms with Crippen LogP contribution in [0.15, 0.2) is 34.7 Å². The van der Waals surface area contributed by atoms with Gasteiger partial charge in [-0.15, -0.1) is 0 Å². The lowest BCUT2D eigenvalue weighted by Gasteiger charge is -2.06. The monoisotopic (exact) mass is 770 g/mol. The number of nitrogens with zero attached hydrogens (tertiary/aromatic N) is 3. The van der Waals surface area contributed by atoms with E-state index in [4.69, 9.17) is 0 Å². The third-order valence-corrected chi connectivity index (χ3v) is 7.79. The van der Waals surface area contributed by atoms with E-state index >= 15 is 0 Å². The highest BCUT2D eigenvalue weighted by Gasteiger charge is 2.31.